The predicted molar refractivity (Wildman–Crippen MR) is 83.8 cm³/mol. The highest BCUT2D eigenvalue weighted by molar-refractivity contribution is 7.80. The van der Waals surface area contributed by atoms with E-state index in [1.54, 1.807) is 0 Å². The largest absolute Gasteiger partial charge is 0.389 e. The van der Waals surface area contributed by atoms with E-state index in [4.69, 9.17) is 18.0 Å². The van der Waals surface area contributed by atoms with Gasteiger partial charge in [-0.25, -0.2) is 4.98 Å². The van der Waals surface area contributed by atoms with Crippen LogP contribution in [0.3, 0.4) is 0 Å². The molecule has 1 aromatic rings. The van der Waals surface area contributed by atoms with Crippen molar-refractivity contribution in [1.29, 1.82) is 0 Å². The average molecular weight is 278 g/mol. The summed E-state index contributed by atoms with van der Waals surface area (Å²) in [6.45, 7) is 7.26. The first-order valence-corrected chi connectivity index (χ1v) is 7.16. The zero-order valence-corrected chi connectivity index (χ0v) is 12.7. The SMILES string of the molecule is CCC1CN(c2nccc(C)c2C(N)=S)CCN1C. The molecule has 19 heavy (non-hydrogen) atoms. The second kappa shape index (κ2) is 5.84. The molecule has 1 atom stereocenters. The quantitative estimate of drug-likeness (QED) is 0.850. The Morgan fingerprint density at radius 1 is 1.53 bits per heavy atom. The molecule has 0 spiro atoms. The number of anilines is 1. The highest BCUT2D eigenvalue weighted by atomic mass is 32.1. The minimum absolute atomic E-state index is 0.438. The average Bonchev–Trinajstić information content (AvgIpc) is 2.38. The van der Waals surface area contributed by atoms with E-state index in [1.165, 1.54) is 0 Å². The number of hydrogen-bond donors (Lipinski definition) is 1. The summed E-state index contributed by atoms with van der Waals surface area (Å²) < 4.78 is 0. The van der Waals surface area contributed by atoms with Gasteiger partial charge in [-0.05, 0) is 32.0 Å². The summed E-state index contributed by atoms with van der Waals surface area (Å²) >= 11 is 5.19. The van der Waals surface area contributed by atoms with E-state index in [-0.39, 0.29) is 0 Å². The third-order valence-electron chi connectivity index (χ3n) is 3.93. The Hall–Kier alpha value is -1.20. The van der Waals surface area contributed by atoms with Crippen LogP contribution in [0.25, 0.3) is 0 Å². The van der Waals surface area contributed by atoms with Crippen molar-refractivity contribution in [1.82, 2.24) is 9.88 Å². The van der Waals surface area contributed by atoms with Crippen LogP contribution in [0.5, 0.6) is 0 Å². The number of nitrogens with two attached hydrogens (primary N) is 1. The highest BCUT2D eigenvalue weighted by Gasteiger charge is 2.26. The molecule has 0 amide bonds. The third kappa shape index (κ3) is 2.87. The molecule has 104 valence electrons. The third-order valence-corrected chi connectivity index (χ3v) is 4.14. The molecule has 0 saturated carbocycles. The standard InChI is InChI=1S/C14H22N4S/c1-4-11-9-18(8-7-17(11)3)14-12(13(15)19)10(2)5-6-16-14/h5-6,11H,4,7-9H2,1-3H3,(H2,15,19). The van der Waals surface area contributed by atoms with Gasteiger partial charge in [-0.3, -0.25) is 4.90 Å². The number of rotatable bonds is 3. The Morgan fingerprint density at radius 3 is 2.89 bits per heavy atom. The number of pyridine rings is 1. The zero-order chi connectivity index (χ0) is 14.0. The first-order chi connectivity index (χ1) is 9.04. The molecule has 1 fully saturated rings. The van der Waals surface area contributed by atoms with Gasteiger partial charge in [0.2, 0.25) is 0 Å². The molecular formula is C14H22N4S. The Morgan fingerprint density at radius 2 is 2.26 bits per heavy atom. The molecule has 1 aromatic heterocycles. The van der Waals surface area contributed by atoms with Crippen molar-refractivity contribution in [2.75, 3.05) is 31.6 Å². The van der Waals surface area contributed by atoms with Gasteiger partial charge in [-0.1, -0.05) is 19.1 Å². The first kappa shape index (κ1) is 14.2. The van der Waals surface area contributed by atoms with Crippen LogP contribution in [0.1, 0.15) is 24.5 Å². The van der Waals surface area contributed by atoms with Gasteiger partial charge in [-0.15, -0.1) is 0 Å². The predicted octanol–water partition coefficient (Wildman–Crippen LogP) is 1.55. The van der Waals surface area contributed by atoms with E-state index in [1.807, 2.05) is 19.2 Å². The maximum absolute atomic E-state index is 5.87. The maximum Gasteiger partial charge on any atom is 0.139 e. The molecule has 2 N–H and O–H groups in total. The summed E-state index contributed by atoms with van der Waals surface area (Å²) in [5, 5.41) is 0. The van der Waals surface area contributed by atoms with Gasteiger partial charge in [0.25, 0.3) is 0 Å². The minimum Gasteiger partial charge on any atom is -0.389 e. The number of aryl methyl sites for hydroxylation is 1. The summed E-state index contributed by atoms with van der Waals surface area (Å²) in [5.74, 6) is 0.944. The molecule has 5 heteroatoms. The molecular weight excluding hydrogens is 256 g/mol. The van der Waals surface area contributed by atoms with Crippen LogP contribution in [0.2, 0.25) is 0 Å². The van der Waals surface area contributed by atoms with Crippen LogP contribution < -0.4 is 10.6 Å². The lowest BCUT2D eigenvalue weighted by Gasteiger charge is -2.40. The molecule has 1 aliphatic heterocycles. The lowest BCUT2D eigenvalue weighted by Crippen LogP contribution is -2.51. The molecule has 1 unspecified atom stereocenters. The number of aromatic nitrogens is 1. The van der Waals surface area contributed by atoms with Crippen molar-refractivity contribution in [3.8, 4) is 0 Å². The van der Waals surface area contributed by atoms with Crippen LogP contribution in [0, 0.1) is 6.92 Å². The Balaban J connectivity index is 2.32. The van der Waals surface area contributed by atoms with Gasteiger partial charge < -0.3 is 10.6 Å². The van der Waals surface area contributed by atoms with E-state index in [2.05, 4.69) is 28.8 Å². The molecule has 1 aliphatic rings. The maximum atomic E-state index is 5.87. The Kier molecular flexibility index (Phi) is 4.37. The zero-order valence-electron chi connectivity index (χ0n) is 11.9. The minimum atomic E-state index is 0.438. The smallest absolute Gasteiger partial charge is 0.139 e. The van der Waals surface area contributed by atoms with Gasteiger partial charge in [-0.2, -0.15) is 0 Å². The first-order valence-electron chi connectivity index (χ1n) is 6.75. The van der Waals surface area contributed by atoms with Crippen LogP contribution >= 0.6 is 12.2 Å². The fourth-order valence-corrected chi connectivity index (χ4v) is 2.92. The summed E-state index contributed by atoms with van der Waals surface area (Å²) in [6, 6.07) is 2.53. The lowest BCUT2D eigenvalue weighted by molar-refractivity contribution is 0.213. The van der Waals surface area contributed by atoms with Crippen molar-refractivity contribution in [2.45, 2.75) is 26.3 Å². The summed E-state index contributed by atoms with van der Waals surface area (Å²) in [4.78, 5) is 9.68. The van der Waals surface area contributed by atoms with Crippen LogP contribution in [-0.2, 0) is 0 Å². The fraction of sp³-hybridized carbons (Fsp3) is 0.571. The van der Waals surface area contributed by atoms with Crippen LogP contribution in [-0.4, -0.2) is 47.6 Å². The number of likely N-dealkylation sites (N-methyl/N-ethyl adjacent to an activating group) is 1. The number of nitrogens with zero attached hydrogens (tertiary/aromatic N) is 3. The van der Waals surface area contributed by atoms with Gasteiger partial charge >= 0.3 is 0 Å². The van der Waals surface area contributed by atoms with Crippen molar-refractivity contribution in [2.24, 2.45) is 5.73 Å². The van der Waals surface area contributed by atoms with Crippen LogP contribution in [0.4, 0.5) is 5.82 Å². The Bertz CT molecular complexity index is 475. The molecule has 0 radical (unpaired) electrons. The van der Waals surface area contributed by atoms with Gasteiger partial charge in [0.15, 0.2) is 0 Å². The summed E-state index contributed by atoms with van der Waals surface area (Å²) in [6.07, 6.45) is 2.98. The van der Waals surface area contributed by atoms with Gasteiger partial charge in [0.05, 0.1) is 5.56 Å². The van der Waals surface area contributed by atoms with Crippen molar-refractivity contribution in [3.63, 3.8) is 0 Å². The molecule has 2 rings (SSSR count). The molecule has 4 nitrogen and oxygen atoms in total. The molecule has 0 aromatic carbocycles. The number of piperazine rings is 1. The number of hydrogen-bond acceptors (Lipinski definition) is 4. The topological polar surface area (TPSA) is 45.4 Å². The van der Waals surface area contributed by atoms with Crippen molar-refractivity contribution < 1.29 is 0 Å². The van der Waals surface area contributed by atoms with E-state index >= 15 is 0 Å². The molecule has 2 heterocycles. The molecule has 0 aliphatic carbocycles. The summed E-state index contributed by atoms with van der Waals surface area (Å²) in [7, 11) is 2.18. The second-order valence-electron chi connectivity index (χ2n) is 5.18. The van der Waals surface area contributed by atoms with Crippen molar-refractivity contribution in [3.05, 3.63) is 23.4 Å². The van der Waals surface area contributed by atoms with Crippen LogP contribution in [0.15, 0.2) is 12.3 Å². The normalized spacial score (nSPS) is 20.6. The van der Waals surface area contributed by atoms with Crippen molar-refractivity contribution >= 4 is 23.0 Å². The lowest BCUT2D eigenvalue weighted by atomic mass is 10.1. The van der Waals surface area contributed by atoms with E-state index in [9.17, 15) is 0 Å². The Labute approximate surface area is 120 Å². The molecule has 0 bridgehead atoms. The van der Waals surface area contributed by atoms with Gasteiger partial charge in [0, 0.05) is 31.9 Å². The molecule has 1 saturated heterocycles. The second-order valence-corrected chi connectivity index (χ2v) is 5.62. The monoisotopic (exact) mass is 278 g/mol. The van der Waals surface area contributed by atoms with E-state index < -0.39 is 0 Å². The fourth-order valence-electron chi connectivity index (χ4n) is 2.67. The van der Waals surface area contributed by atoms with E-state index in [0.717, 1.165) is 43.0 Å². The van der Waals surface area contributed by atoms with Gasteiger partial charge in [0.1, 0.15) is 10.8 Å². The summed E-state index contributed by atoms with van der Waals surface area (Å²) in [5.41, 5.74) is 7.90. The highest BCUT2D eigenvalue weighted by Crippen LogP contribution is 2.24. The van der Waals surface area contributed by atoms with E-state index in [0.29, 0.717) is 11.0 Å². The number of thiocarbonyl (C=S) groups is 1.